The van der Waals surface area contributed by atoms with E-state index in [9.17, 15) is 14.0 Å². The van der Waals surface area contributed by atoms with Crippen molar-refractivity contribution in [3.8, 4) is 0 Å². The summed E-state index contributed by atoms with van der Waals surface area (Å²) >= 11 is 0. The predicted octanol–water partition coefficient (Wildman–Crippen LogP) is 3.19. The van der Waals surface area contributed by atoms with Crippen LogP contribution in [0, 0.1) is 5.82 Å². The fourth-order valence-electron chi connectivity index (χ4n) is 3.69. The van der Waals surface area contributed by atoms with Crippen LogP contribution in [-0.4, -0.2) is 40.0 Å². The van der Waals surface area contributed by atoms with E-state index in [2.05, 4.69) is 15.5 Å². The number of piperidine rings is 1. The summed E-state index contributed by atoms with van der Waals surface area (Å²) in [6.07, 6.45) is 3.35. The summed E-state index contributed by atoms with van der Waals surface area (Å²) in [5.74, 6) is -0.468. The van der Waals surface area contributed by atoms with Crippen LogP contribution >= 0.6 is 0 Å². The van der Waals surface area contributed by atoms with E-state index >= 15 is 0 Å². The third-order valence-electron chi connectivity index (χ3n) is 5.18. The van der Waals surface area contributed by atoms with Crippen molar-refractivity contribution in [1.82, 2.24) is 15.1 Å². The lowest BCUT2D eigenvalue weighted by Crippen LogP contribution is -2.47. The Morgan fingerprint density at radius 1 is 1.37 bits per heavy atom. The van der Waals surface area contributed by atoms with Gasteiger partial charge in [0.05, 0.1) is 23.0 Å². The van der Waals surface area contributed by atoms with Gasteiger partial charge in [-0.1, -0.05) is 12.1 Å². The lowest BCUT2D eigenvalue weighted by atomic mass is 9.82. The van der Waals surface area contributed by atoms with Gasteiger partial charge in [0, 0.05) is 25.9 Å². The molecule has 1 aromatic heterocycles. The number of nitrogens with one attached hydrogen (secondary N) is 2. The number of H-pyrrole nitrogens is 1. The first-order valence-corrected chi connectivity index (χ1v) is 9.15. The van der Waals surface area contributed by atoms with Crippen molar-refractivity contribution in [2.45, 2.75) is 44.9 Å². The van der Waals surface area contributed by atoms with Crippen LogP contribution in [0.1, 0.15) is 50.8 Å². The van der Waals surface area contributed by atoms with Crippen molar-refractivity contribution in [2.24, 2.45) is 0 Å². The molecule has 1 saturated heterocycles. The molecule has 1 fully saturated rings. The number of likely N-dealkylation sites (tertiary alicyclic amines) is 1. The third-order valence-corrected chi connectivity index (χ3v) is 5.18. The number of carbonyl (C=O) groups is 2. The highest BCUT2D eigenvalue weighted by Crippen LogP contribution is 2.33. The lowest BCUT2D eigenvalue weighted by molar-refractivity contribution is -0.137. The van der Waals surface area contributed by atoms with Gasteiger partial charge in [-0.15, -0.1) is 0 Å². The van der Waals surface area contributed by atoms with E-state index < -0.39 is 5.41 Å². The standard InChI is InChI=1S/C20H25FN4O2/c1-13(26)23-17-11-22-24-18(17)14-6-5-9-25(12-14)19(27)20(2,3)15-7-4-8-16(21)10-15/h4,7-8,10-11,14H,5-6,9,12H2,1-3H3,(H,22,24)(H,23,26)/t14-/m0/s1. The molecule has 1 aromatic carbocycles. The average molecular weight is 372 g/mol. The number of nitrogens with zero attached hydrogens (tertiary/aromatic N) is 2. The van der Waals surface area contributed by atoms with Crippen molar-refractivity contribution in [1.29, 1.82) is 0 Å². The SMILES string of the molecule is CC(=O)Nc1cn[nH]c1[C@H]1CCCN(C(=O)C(C)(C)c2cccc(F)c2)C1. The van der Waals surface area contributed by atoms with Crippen molar-refractivity contribution in [2.75, 3.05) is 18.4 Å². The zero-order valence-electron chi connectivity index (χ0n) is 15.9. The highest BCUT2D eigenvalue weighted by atomic mass is 19.1. The summed E-state index contributed by atoms with van der Waals surface area (Å²) < 4.78 is 13.6. The molecule has 7 heteroatoms. The Hall–Kier alpha value is -2.70. The third kappa shape index (κ3) is 4.02. The van der Waals surface area contributed by atoms with Crippen molar-refractivity contribution in [3.63, 3.8) is 0 Å². The number of amides is 2. The van der Waals surface area contributed by atoms with Crippen LogP contribution in [0.4, 0.5) is 10.1 Å². The van der Waals surface area contributed by atoms with Gasteiger partial charge >= 0.3 is 0 Å². The molecule has 1 aliphatic heterocycles. The number of benzene rings is 1. The Morgan fingerprint density at radius 2 is 2.15 bits per heavy atom. The number of aromatic nitrogens is 2. The zero-order chi connectivity index (χ0) is 19.6. The molecule has 0 spiro atoms. The molecular formula is C20H25FN4O2. The Morgan fingerprint density at radius 3 is 2.85 bits per heavy atom. The minimum absolute atomic E-state index is 0.0293. The molecule has 6 nitrogen and oxygen atoms in total. The first kappa shape index (κ1) is 19.1. The van der Waals surface area contributed by atoms with Crippen LogP contribution in [0.15, 0.2) is 30.5 Å². The molecule has 2 aromatic rings. The summed E-state index contributed by atoms with van der Waals surface area (Å²) in [5, 5.41) is 9.79. The zero-order valence-corrected chi connectivity index (χ0v) is 15.9. The van der Waals surface area contributed by atoms with Crippen molar-refractivity contribution in [3.05, 3.63) is 47.5 Å². The normalized spacial score (nSPS) is 17.6. The van der Waals surface area contributed by atoms with E-state index in [0.717, 1.165) is 18.5 Å². The molecule has 0 bridgehead atoms. The summed E-state index contributed by atoms with van der Waals surface area (Å²) in [7, 11) is 0. The highest BCUT2D eigenvalue weighted by Gasteiger charge is 2.37. The number of hydrogen-bond donors (Lipinski definition) is 2. The van der Waals surface area contributed by atoms with E-state index in [1.807, 2.05) is 18.7 Å². The lowest BCUT2D eigenvalue weighted by Gasteiger charge is -2.37. The summed E-state index contributed by atoms with van der Waals surface area (Å²) in [6.45, 7) is 6.30. The molecular weight excluding hydrogens is 347 g/mol. The number of aromatic amines is 1. The van der Waals surface area contributed by atoms with Gasteiger partial charge in [0.15, 0.2) is 0 Å². The number of hydrogen-bond acceptors (Lipinski definition) is 3. The Kier molecular flexibility index (Phi) is 5.30. The van der Waals surface area contributed by atoms with Gasteiger partial charge in [-0.3, -0.25) is 14.7 Å². The van der Waals surface area contributed by atoms with Crippen LogP contribution in [0.25, 0.3) is 0 Å². The molecule has 2 amide bonds. The minimum atomic E-state index is -0.821. The number of anilines is 1. The Balaban J connectivity index is 1.79. The van der Waals surface area contributed by atoms with Gasteiger partial charge in [-0.25, -0.2) is 4.39 Å². The van der Waals surface area contributed by atoms with Gasteiger partial charge < -0.3 is 10.2 Å². The van der Waals surface area contributed by atoms with Crippen LogP contribution in [-0.2, 0) is 15.0 Å². The van der Waals surface area contributed by atoms with Gasteiger partial charge in [0.2, 0.25) is 11.8 Å². The van der Waals surface area contributed by atoms with Gasteiger partial charge in [-0.05, 0) is 44.4 Å². The molecule has 2 N–H and O–H groups in total. The second-order valence-electron chi connectivity index (χ2n) is 7.60. The maximum Gasteiger partial charge on any atom is 0.232 e. The van der Waals surface area contributed by atoms with Gasteiger partial charge in [0.25, 0.3) is 0 Å². The molecule has 1 atom stereocenters. The maximum atomic E-state index is 13.6. The molecule has 2 heterocycles. The van der Waals surface area contributed by atoms with E-state index in [0.29, 0.717) is 24.3 Å². The number of halogens is 1. The fourth-order valence-corrected chi connectivity index (χ4v) is 3.69. The topological polar surface area (TPSA) is 78.1 Å². The van der Waals surface area contributed by atoms with Crippen LogP contribution in [0.3, 0.4) is 0 Å². The smallest absolute Gasteiger partial charge is 0.232 e. The molecule has 1 aliphatic rings. The second-order valence-corrected chi connectivity index (χ2v) is 7.60. The molecule has 0 radical (unpaired) electrons. The highest BCUT2D eigenvalue weighted by molar-refractivity contribution is 5.89. The molecule has 0 unspecified atom stereocenters. The Labute approximate surface area is 158 Å². The minimum Gasteiger partial charge on any atom is -0.341 e. The molecule has 144 valence electrons. The van der Waals surface area contributed by atoms with E-state index in [4.69, 9.17) is 0 Å². The maximum absolute atomic E-state index is 13.6. The quantitative estimate of drug-likeness (QED) is 0.865. The fraction of sp³-hybridized carbons (Fsp3) is 0.450. The average Bonchev–Trinajstić information content (AvgIpc) is 3.08. The van der Waals surface area contributed by atoms with E-state index in [1.165, 1.54) is 19.1 Å². The van der Waals surface area contributed by atoms with E-state index in [-0.39, 0.29) is 23.5 Å². The predicted molar refractivity (Wildman–Crippen MR) is 101 cm³/mol. The monoisotopic (exact) mass is 372 g/mol. The summed E-state index contributed by atoms with van der Waals surface area (Å²) in [5.41, 5.74) is 1.34. The Bertz CT molecular complexity index is 846. The van der Waals surface area contributed by atoms with Gasteiger partial charge in [-0.2, -0.15) is 5.10 Å². The van der Waals surface area contributed by atoms with Gasteiger partial charge in [0.1, 0.15) is 5.82 Å². The molecule has 0 aliphatic carbocycles. The van der Waals surface area contributed by atoms with E-state index in [1.54, 1.807) is 18.3 Å². The number of carbonyl (C=O) groups excluding carboxylic acids is 2. The number of rotatable bonds is 4. The van der Waals surface area contributed by atoms with Crippen LogP contribution in [0.2, 0.25) is 0 Å². The largest absolute Gasteiger partial charge is 0.341 e. The van der Waals surface area contributed by atoms with Crippen molar-refractivity contribution >= 4 is 17.5 Å². The second kappa shape index (κ2) is 7.50. The van der Waals surface area contributed by atoms with Crippen molar-refractivity contribution < 1.29 is 14.0 Å². The summed E-state index contributed by atoms with van der Waals surface area (Å²) in [4.78, 5) is 26.4. The first-order valence-electron chi connectivity index (χ1n) is 9.15. The molecule has 3 rings (SSSR count). The van der Waals surface area contributed by atoms with Crippen LogP contribution < -0.4 is 5.32 Å². The molecule has 0 saturated carbocycles. The van der Waals surface area contributed by atoms with Crippen LogP contribution in [0.5, 0.6) is 0 Å². The summed E-state index contributed by atoms with van der Waals surface area (Å²) in [6, 6.07) is 6.21. The first-order chi connectivity index (χ1) is 12.8. The molecule has 27 heavy (non-hydrogen) atoms.